The number of hydrogen-bond donors (Lipinski definition) is 0. The van der Waals surface area contributed by atoms with Crippen LogP contribution in [0.2, 0.25) is 0 Å². The molecule has 1 atom stereocenters. The third kappa shape index (κ3) is 3.19. The Morgan fingerprint density at radius 1 is 1.20 bits per heavy atom. The number of rotatable bonds is 4. The van der Waals surface area contributed by atoms with E-state index < -0.39 is 0 Å². The molecule has 0 radical (unpaired) electrons. The zero-order valence-electron chi connectivity index (χ0n) is 11.7. The summed E-state index contributed by atoms with van der Waals surface area (Å²) in [6.07, 6.45) is 2.57. The Labute approximate surface area is 119 Å². The van der Waals surface area contributed by atoms with E-state index in [1.165, 1.54) is 0 Å². The van der Waals surface area contributed by atoms with Gasteiger partial charge in [0.1, 0.15) is 11.9 Å². The average Bonchev–Trinajstić information content (AvgIpc) is 2.48. The van der Waals surface area contributed by atoms with E-state index in [9.17, 15) is 4.79 Å². The van der Waals surface area contributed by atoms with Crippen molar-refractivity contribution in [3.05, 3.63) is 29.8 Å². The molecule has 1 unspecified atom stereocenters. The van der Waals surface area contributed by atoms with E-state index in [-0.39, 0.29) is 11.9 Å². The van der Waals surface area contributed by atoms with Crippen LogP contribution in [0.5, 0.6) is 5.75 Å². The summed E-state index contributed by atoms with van der Waals surface area (Å²) < 4.78 is 11.3. The number of fused-ring (bicyclic) bond motifs is 1. The third-order valence-corrected chi connectivity index (χ3v) is 4.00. The largest absolute Gasteiger partial charge is 0.489 e. The standard InChI is InChI=1S/C16H21NO3/c18-15-12-13(20-16-6-2-1-5-14(15)16)4-3-7-17-8-10-19-11-9-17/h1-2,5-6,13H,3-4,7-12H2. The van der Waals surface area contributed by atoms with E-state index in [1.54, 1.807) is 0 Å². The minimum atomic E-state index is 0.0402. The monoisotopic (exact) mass is 275 g/mol. The molecule has 1 aromatic rings. The van der Waals surface area contributed by atoms with Crippen molar-refractivity contribution in [2.24, 2.45) is 0 Å². The maximum atomic E-state index is 12.1. The van der Waals surface area contributed by atoms with Crippen LogP contribution in [-0.2, 0) is 4.74 Å². The molecule has 0 bridgehead atoms. The Kier molecular flexibility index (Phi) is 4.33. The highest BCUT2D eigenvalue weighted by Crippen LogP contribution is 2.28. The topological polar surface area (TPSA) is 38.8 Å². The summed E-state index contributed by atoms with van der Waals surface area (Å²) in [5, 5.41) is 0. The van der Waals surface area contributed by atoms with Crippen molar-refractivity contribution in [2.75, 3.05) is 32.8 Å². The van der Waals surface area contributed by atoms with Crippen molar-refractivity contribution < 1.29 is 14.3 Å². The lowest BCUT2D eigenvalue weighted by Crippen LogP contribution is -2.37. The van der Waals surface area contributed by atoms with E-state index >= 15 is 0 Å². The normalized spacial score (nSPS) is 23.2. The quantitative estimate of drug-likeness (QED) is 0.844. The van der Waals surface area contributed by atoms with Gasteiger partial charge in [0.2, 0.25) is 0 Å². The summed E-state index contributed by atoms with van der Waals surface area (Å²) in [6.45, 7) is 4.79. The molecule has 0 amide bonds. The number of hydrogen-bond acceptors (Lipinski definition) is 4. The van der Waals surface area contributed by atoms with Gasteiger partial charge in [-0.2, -0.15) is 0 Å². The fraction of sp³-hybridized carbons (Fsp3) is 0.562. The van der Waals surface area contributed by atoms with Gasteiger partial charge in [0.05, 0.1) is 18.8 Å². The van der Waals surface area contributed by atoms with E-state index in [4.69, 9.17) is 9.47 Å². The number of para-hydroxylation sites is 1. The van der Waals surface area contributed by atoms with Gasteiger partial charge in [-0.25, -0.2) is 0 Å². The molecule has 1 fully saturated rings. The summed E-state index contributed by atoms with van der Waals surface area (Å²) >= 11 is 0. The van der Waals surface area contributed by atoms with Gasteiger partial charge in [-0.05, 0) is 31.5 Å². The molecule has 108 valence electrons. The first-order chi connectivity index (χ1) is 9.83. The molecule has 0 aromatic heterocycles. The van der Waals surface area contributed by atoms with Crippen LogP contribution >= 0.6 is 0 Å². The first kappa shape index (κ1) is 13.6. The number of carbonyl (C=O) groups is 1. The molecule has 0 saturated carbocycles. The molecule has 0 N–H and O–H groups in total. The molecule has 2 heterocycles. The maximum Gasteiger partial charge on any atom is 0.170 e. The summed E-state index contributed by atoms with van der Waals surface area (Å²) in [5.41, 5.74) is 0.733. The van der Waals surface area contributed by atoms with Crippen molar-refractivity contribution in [2.45, 2.75) is 25.4 Å². The Morgan fingerprint density at radius 3 is 2.85 bits per heavy atom. The molecule has 0 aliphatic carbocycles. The van der Waals surface area contributed by atoms with E-state index in [1.807, 2.05) is 24.3 Å². The van der Waals surface area contributed by atoms with Crippen LogP contribution < -0.4 is 4.74 Å². The molecule has 4 nitrogen and oxygen atoms in total. The fourth-order valence-corrected chi connectivity index (χ4v) is 2.87. The molecular weight excluding hydrogens is 254 g/mol. The second-order valence-electron chi connectivity index (χ2n) is 5.46. The van der Waals surface area contributed by atoms with Crippen LogP contribution in [0.25, 0.3) is 0 Å². The minimum absolute atomic E-state index is 0.0402. The smallest absolute Gasteiger partial charge is 0.170 e. The Hall–Kier alpha value is -1.39. The number of ketones is 1. The van der Waals surface area contributed by atoms with E-state index in [2.05, 4.69) is 4.90 Å². The fourth-order valence-electron chi connectivity index (χ4n) is 2.87. The van der Waals surface area contributed by atoms with Crippen molar-refractivity contribution in [1.82, 2.24) is 4.90 Å². The number of ether oxygens (including phenoxy) is 2. The Balaban J connectivity index is 1.48. The van der Waals surface area contributed by atoms with Gasteiger partial charge in [-0.15, -0.1) is 0 Å². The number of nitrogens with zero attached hydrogens (tertiary/aromatic N) is 1. The summed E-state index contributed by atoms with van der Waals surface area (Å²) in [6, 6.07) is 7.55. The third-order valence-electron chi connectivity index (χ3n) is 4.00. The second-order valence-corrected chi connectivity index (χ2v) is 5.46. The van der Waals surface area contributed by atoms with Crippen LogP contribution in [0, 0.1) is 0 Å². The molecule has 3 rings (SSSR count). The van der Waals surface area contributed by atoms with Crippen molar-refractivity contribution >= 4 is 5.78 Å². The predicted octanol–water partition coefficient (Wildman–Crippen LogP) is 2.13. The van der Waals surface area contributed by atoms with Crippen molar-refractivity contribution in [3.63, 3.8) is 0 Å². The molecule has 20 heavy (non-hydrogen) atoms. The molecular formula is C16H21NO3. The average molecular weight is 275 g/mol. The number of Topliss-reactive ketones (excluding diaryl/α,β-unsaturated/α-hetero) is 1. The number of carbonyl (C=O) groups excluding carboxylic acids is 1. The number of morpholine rings is 1. The second kappa shape index (κ2) is 6.37. The highest BCUT2D eigenvalue weighted by Gasteiger charge is 2.25. The van der Waals surface area contributed by atoms with Gasteiger partial charge >= 0.3 is 0 Å². The van der Waals surface area contributed by atoms with Crippen molar-refractivity contribution in [1.29, 1.82) is 0 Å². The lowest BCUT2D eigenvalue weighted by molar-refractivity contribution is 0.0353. The molecule has 2 aliphatic heterocycles. The predicted molar refractivity (Wildman–Crippen MR) is 76.3 cm³/mol. The number of benzene rings is 1. The zero-order chi connectivity index (χ0) is 13.8. The summed E-state index contributed by atoms with van der Waals surface area (Å²) in [7, 11) is 0. The van der Waals surface area contributed by atoms with Gasteiger partial charge in [0.15, 0.2) is 5.78 Å². The lowest BCUT2D eigenvalue weighted by Gasteiger charge is -2.28. The highest BCUT2D eigenvalue weighted by molar-refractivity contribution is 5.99. The SMILES string of the molecule is O=C1CC(CCCN2CCOCC2)Oc2ccccc21. The summed E-state index contributed by atoms with van der Waals surface area (Å²) in [5.74, 6) is 0.961. The first-order valence-electron chi connectivity index (χ1n) is 7.42. The zero-order valence-corrected chi connectivity index (χ0v) is 11.7. The van der Waals surface area contributed by atoms with E-state index in [0.717, 1.165) is 57.0 Å². The van der Waals surface area contributed by atoms with Crippen LogP contribution in [-0.4, -0.2) is 49.6 Å². The molecule has 1 aromatic carbocycles. The minimum Gasteiger partial charge on any atom is -0.489 e. The van der Waals surface area contributed by atoms with Crippen LogP contribution in [0.15, 0.2) is 24.3 Å². The van der Waals surface area contributed by atoms with Crippen LogP contribution in [0.1, 0.15) is 29.6 Å². The van der Waals surface area contributed by atoms with Gasteiger partial charge in [-0.1, -0.05) is 12.1 Å². The van der Waals surface area contributed by atoms with Gasteiger partial charge < -0.3 is 9.47 Å². The Morgan fingerprint density at radius 2 is 2.00 bits per heavy atom. The van der Waals surface area contributed by atoms with Gasteiger partial charge in [0, 0.05) is 19.5 Å². The van der Waals surface area contributed by atoms with Crippen molar-refractivity contribution in [3.8, 4) is 5.75 Å². The molecule has 0 spiro atoms. The maximum absolute atomic E-state index is 12.1. The molecule has 2 aliphatic rings. The summed E-state index contributed by atoms with van der Waals surface area (Å²) in [4.78, 5) is 14.5. The highest BCUT2D eigenvalue weighted by atomic mass is 16.5. The Bertz CT molecular complexity index is 469. The lowest BCUT2D eigenvalue weighted by atomic mass is 9.98. The molecule has 1 saturated heterocycles. The van der Waals surface area contributed by atoms with Crippen LogP contribution in [0.3, 0.4) is 0 Å². The van der Waals surface area contributed by atoms with Gasteiger partial charge in [-0.3, -0.25) is 9.69 Å². The van der Waals surface area contributed by atoms with E-state index in [0.29, 0.717) is 6.42 Å². The first-order valence-corrected chi connectivity index (χ1v) is 7.42. The van der Waals surface area contributed by atoms with Crippen LogP contribution in [0.4, 0.5) is 0 Å². The molecule has 4 heteroatoms. The van der Waals surface area contributed by atoms with Gasteiger partial charge in [0.25, 0.3) is 0 Å².